The van der Waals surface area contributed by atoms with Crippen molar-refractivity contribution in [2.45, 2.75) is 32.4 Å². The number of nitrogens with one attached hydrogen (secondary N) is 1. The molecule has 0 amide bonds. The summed E-state index contributed by atoms with van der Waals surface area (Å²) in [6.07, 6.45) is 1.74. The summed E-state index contributed by atoms with van der Waals surface area (Å²) in [6.45, 7) is 3.65. The lowest BCUT2D eigenvalue weighted by molar-refractivity contribution is 0.160. The molecule has 0 fully saturated rings. The van der Waals surface area contributed by atoms with Crippen molar-refractivity contribution in [3.63, 3.8) is 0 Å². The number of thiophene rings is 1. The van der Waals surface area contributed by atoms with Crippen LogP contribution in [0.5, 0.6) is 0 Å². The molecule has 2 N–H and O–H groups in total. The second kappa shape index (κ2) is 6.13. The fourth-order valence-electron chi connectivity index (χ4n) is 1.21. The number of hydrogen-bond donors (Lipinski definition) is 2. The van der Waals surface area contributed by atoms with Gasteiger partial charge >= 0.3 is 0 Å². The molecule has 0 saturated heterocycles. The van der Waals surface area contributed by atoms with Gasteiger partial charge in [-0.05, 0) is 28.8 Å². The van der Waals surface area contributed by atoms with Crippen molar-refractivity contribution in [2.24, 2.45) is 0 Å². The Balaban J connectivity index is 2.07. The molecule has 13 heavy (non-hydrogen) atoms. The molecule has 0 saturated carbocycles. The predicted octanol–water partition coefficient (Wildman–Crippen LogP) is 2.00. The molecule has 74 valence electrons. The Labute approximate surface area is 83.6 Å². The fourth-order valence-corrected chi connectivity index (χ4v) is 1.88. The van der Waals surface area contributed by atoms with Gasteiger partial charge in [-0.1, -0.05) is 13.3 Å². The summed E-state index contributed by atoms with van der Waals surface area (Å²) < 4.78 is 0. The van der Waals surface area contributed by atoms with Gasteiger partial charge in [-0.2, -0.15) is 11.3 Å². The van der Waals surface area contributed by atoms with Crippen molar-refractivity contribution >= 4 is 11.3 Å². The van der Waals surface area contributed by atoms with Gasteiger partial charge in [-0.15, -0.1) is 0 Å². The maximum Gasteiger partial charge on any atom is 0.0664 e. The second-order valence-corrected chi connectivity index (χ2v) is 3.99. The fraction of sp³-hybridized carbons (Fsp3) is 0.600. The summed E-state index contributed by atoms with van der Waals surface area (Å²) >= 11 is 1.71. The molecule has 0 aromatic carbocycles. The predicted molar refractivity (Wildman–Crippen MR) is 56.9 cm³/mol. The van der Waals surface area contributed by atoms with Crippen molar-refractivity contribution in [2.75, 3.05) is 6.54 Å². The van der Waals surface area contributed by atoms with E-state index in [1.54, 1.807) is 11.3 Å². The molecule has 0 spiro atoms. The minimum atomic E-state index is -0.191. The summed E-state index contributed by atoms with van der Waals surface area (Å²) in [5, 5.41) is 16.8. The zero-order chi connectivity index (χ0) is 9.52. The molecule has 1 heterocycles. The van der Waals surface area contributed by atoms with E-state index >= 15 is 0 Å². The molecule has 2 nitrogen and oxygen atoms in total. The molecular weight excluding hydrogens is 182 g/mol. The van der Waals surface area contributed by atoms with Crippen molar-refractivity contribution in [1.29, 1.82) is 0 Å². The highest BCUT2D eigenvalue weighted by Crippen LogP contribution is 2.05. The van der Waals surface area contributed by atoms with Gasteiger partial charge in [0.15, 0.2) is 0 Å². The first-order chi connectivity index (χ1) is 6.33. The Morgan fingerprint density at radius 1 is 1.62 bits per heavy atom. The first-order valence-corrected chi connectivity index (χ1v) is 5.67. The molecule has 0 radical (unpaired) electrons. The summed E-state index contributed by atoms with van der Waals surface area (Å²) in [5.41, 5.74) is 1.30. The molecule has 1 atom stereocenters. The summed E-state index contributed by atoms with van der Waals surface area (Å²) in [6, 6.07) is 2.10. The van der Waals surface area contributed by atoms with Crippen LogP contribution in [-0.2, 0) is 6.54 Å². The first-order valence-electron chi connectivity index (χ1n) is 4.72. The van der Waals surface area contributed by atoms with Crippen LogP contribution >= 0.6 is 11.3 Å². The lowest BCUT2D eigenvalue weighted by Gasteiger charge is -2.09. The van der Waals surface area contributed by atoms with Gasteiger partial charge in [0.05, 0.1) is 6.10 Å². The lowest BCUT2D eigenvalue weighted by Crippen LogP contribution is -2.25. The Bertz CT molecular complexity index is 211. The van der Waals surface area contributed by atoms with E-state index in [-0.39, 0.29) is 6.10 Å². The highest BCUT2D eigenvalue weighted by molar-refractivity contribution is 7.07. The average Bonchev–Trinajstić information content (AvgIpc) is 2.57. The van der Waals surface area contributed by atoms with Crippen molar-refractivity contribution in [3.05, 3.63) is 22.4 Å². The third-order valence-electron chi connectivity index (χ3n) is 1.91. The molecule has 1 rings (SSSR count). The van der Waals surface area contributed by atoms with Crippen molar-refractivity contribution in [3.8, 4) is 0 Å². The highest BCUT2D eigenvalue weighted by Gasteiger charge is 2.01. The average molecular weight is 199 g/mol. The quantitative estimate of drug-likeness (QED) is 0.734. The van der Waals surface area contributed by atoms with Crippen LogP contribution in [0.15, 0.2) is 16.8 Å². The van der Waals surface area contributed by atoms with E-state index in [0.29, 0.717) is 6.54 Å². The van der Waals surface area contributed by atoms with Crippen LogP contribution in [-0.4, -0.2) is 17.8 Å². The Morgan fingerprint density at radius 3 is 3.08 bits per heavy atom. The molecule has 1 aromatic heterocycles. The summed E-state index contributed by atoms with van der Waals surface area (Å²) in [7, 11) is 0. The van der Waals surface area contributed by atoms with E-state index < -0.39 is 0 Å². The van der Waals surface area contributed by atoms with E-state index in [2.05, 4.69) is 29.1 Å². The standard InChI is InChI=1S/C10H17NOS/c1-2-3-10(12)7-11-6-9-4-5-13-8-9/h4-5,8,10-12H,2-3,6-7H2,1H3. The smallest absolute Gasteiger partial charge is 0.0664 e. The minimum Gasteiger partial charge on any atom is -0.392 e. The van der Waals surface area contributed by atoms with Gasteiger partial charge < -0.3 is 10.4 Å². The summed E-state index contributed by atoms with van der Waals surface area (Å²) in [5.74, 6) is 0. The van der Waals surface area contributed by atoms with E-state index in [4.69, 9.17) is 0 Å². The number of rotatable bonds is 6. The minimum absolute atomic E-state index is 0.191. The molecule has 0 aliphatic carbocycles. The first kappa shape index (κ1) is 10.7. The van der Waals surface area contributed by atoms with Crippen molar-refractivity contribution < 1.29 is 5.11 Å². The summed E-state index contributed by atoms with van der Waals surface area (Å²) in [4.78, 5) is 0. The largest absolute Gasteiger partial charge is 0.392 e. The van der Waals surface area contributed by atoms with E-state index in [1.807, 2.05) is 0 Å². The van der Waals surface area contributed by atoms with Crippen LogP contribution in [0, 0.1) is 0 Å². The van der Waals surface area contributed by atoms with Crippen LogP contribution in [0.3, 0.4) is 0 Å². The molecule has 3 heteroatoms. The topological polar surface area (TPSA) is 32.3 Å². The Kier molecular flexibility index (Phi) is 5.05. The second-order valence-electron chi connectivity index (χ2n) is 3.20. The third-order valence-corrected chi connectivity index (χ3v) is 2.64. The maximum absolute atomic E-state index is 9.42. The number of aliphatic hydroxyl groups excluding tert-OH is 1. The van der Waals surface area contributed by atoms with Gasteiger partial charge in [0.2, 0.25) is 0 Å². The number of aliphatic hydroxyl groups is 1. The number of hydrogen-bond acceptors (Lipinski definition) is 3. The van der Waals surface area contributed by atoms with Gasteiger partial charge in [0.1, 0.15) is 0 Å². The molecule has 0 aliphatic heterocycles. The monoisotopic (exact) mass is 199 g/mol. The van der Waals surface area contributed by atoms with Crippen molar-refractivity contribution in [1.82, 2.24) is 5.32 Å². The van der Waals surface area contributed by atoms with Gasteiger partial charge in [0, 0.05) is 13.1 Å². The van der Waals surface area contributed by atoms with Gasteiger partial charge in [-0.25, -0.2) is 0 Å². The van der Waals surface area contributed by atoms with Crippen LogP contribution in [0.25, 0.3) is 0 Å². The molecule has 0 aliphatic rings. The van der Waals surface area contributed by atoms with E-state index in [0.717, 1.165) is 19.4 Å². The highest BCUT2D eigenvalue weighted by atomic mass is 32.1. The lowest BCUT2D eigenvalue weighted by atomic mass is 10.2. The van der Waals surface area contributed by atoms with Gasteiger partial charge in [-0.3, -0.25) is 0 Å². The van der Waals surface area contributed by atoms with Gasteiger partial charge in [0.25, 0.3) is 0 Å². The van der Waals surface area contributed by atoms with E-state index in [1.165, 1.54) is 5.56 Å². The Morgan fingerprint density at radius 2 is 2.46 bits per heavy atom. The maximum atomic E-state index is 9.42. The van der Waals surface area contributed by atoms with Crippen LogP contribution in [0.1, 0.15) is 25.3 Å². The Hall–Kier alpha value is -0.380. The van der Waals surface area contributed by atoms with Crippen LogP contribution < -0.4 is 5.32 Å². The van der Waals surface area contributed by atoms with E-state index in [9.17, 15) is 5.11 Å². The molecule has 0 bridgehead atoms. The molecular formula is C10H17NOS. The van der Waals surface area contributed by atoms with Crippen LogP contribution in [0.2, 0.25) is 0 Å². The zero-order valence-corrected chi connectivity index (χ0v) is 8.81. The van der Waals surface area contributed by atoms with Crippen LogP contribution in [0.4, 0.5) is 0 Å². The zero-order valence-electron chi connectivity index (χ0n) is 7.99. The molecule has 1 aromatic rings. The SMILES string of the molecule is CCCC(O)CNCc1ccsc1. The third kappa shape index (κ3) is 4.41. The molecule has 1 unspecified atom stereocenters. The normalized spacial score (nSPS) is 13.1.